The molecule has 208 valence electrons. The van der Waals surface area contributed by atoms with Crippen molar-refractivity contribution in [3.8, 4) is 17.2 Å². The molecule has 1 heterocycles. The number of hydrogen-bond donors (Lipinski definition) is 0. The van der Waals surface area contributed by atoms with Gasteiger partial charge in [-0.05, 0) is 70.0 Å². The van der Waals surface area contributed by atoms with Crippen LogP contribution in [-0.2, 0) is 11.2 Å². The second-order valence-corrected chi connectivity index (χ2v) is 10.5. The summed E-state index contributed by atoms with van der Waals surface area (Å²) in [7, 11) is 1.52. The molecule has 4 rings (SSSR count). The number of carboxylic acid groups (broad SMARTS) is 1. The molecule has 10 heteroatoms. The number of ether oxygens (including phenoxy) is 3. The van der Waals surface area contributed by atoms with Crippen molar-refractivity contribution < 1.29 is 58.5 Å². The van der Waals surface area contributed by atoms with Crippen LogP contribution < -0.4 is 48.9 Å². The van der Waals surface area contributed by atoms with Crippen molar-refractivity contribution in [2.75, 3.05) is 7.11 Å². The standard InChI is InChI=1S/C31H32N2O6S.Na/c1-17(2)38-27-15-20(14-26(37-6)30(27)39-18(3)4)13-23(29(34)21-9-7-19(5)8-10-21)28(31(35)36)22-11-12-24-25(16-22)33-40-32-24;/h7-12,14-18H,13H2,1-6H3,(H,35,36);/q;+1/p-1/b28-23+;. The van der Waals surface area contributed by atoms with Gasteiger partial charge in [-0.25, -0.2) is 0 Å². The Kier molecular flexibility index (Phi) is 11.1. The average molecular weight is 583 g/mol. The predicted octanol–water partition coefficient (Wildman–Crippen LogP) is 2.22. The number of aliphatic carboxylic acids is 1. The Morgan fingerprint density at radius 1 is 0.854 bits per heavy atom. The molecule has 41 heavy (non-hydrogen) atoms. The van der Waals surface area contributed by atoms with E-state index in [4.69, 9.17) is 14.2 Å². The molecule has 0 radical (unpaired) electrons. The van der Waals surface area contributed by atoms with E-state index in [-0.39, 0.29) is 59.3 Å². The molecule has 0 aliphatic heterocycles. The van der Waals surface area contributed by atoms with E-state index >= 15 is 0 Å². The number of carboxylic acids is 1. The van der Waals surface area contributed by atoms with Crippen molar-refractivity contribution in [2.24, 2.45) is 0 Å². The summed E-state index contributed by atoms with van der Waals surface area (Å²) in [4.78, 5) is 26.6. The Hall–Kier alpha value is -3.24. The summed E-state index contributed by atoms with van der Waals surface area (Å²) < 4.78 is 26.1. The SMILES string of the molecule is COc1cc(C/C(C(=O)c2ccc(C)cc2)=C(\C(=O)[O-])c2ccc3nsnc3c2)cc(OC(C)C)c1OC(C)C.[Na+]. The van der Waals surface area contributed by atoms with Crippen LogP contribution in [0.4, 0.5) is 0 Å². The van der Waals surface area contributed by atoms with Crippen LogP contribution in [0.25, 0.3) is 16.6 Å². The number of nitrogens with zero attached hydrogens (tertiary/aromatic N) is 2. The third-order valence-corrected chi connectivity index (χ3v) is 6.59. The van der Waals surface area contributed by atoms with Crippen LogP contribution in [-0.4, -0.2) is 39.8 Å². The number of carbonyl (C=O) groups is 2. The van der Waals surface area contributed by atoms with Crippen LogP contribution in [0, 0.1) is 6.92 Å². The molecular weight excluding hydrogens is 551 g/mol. The zero-order chi connectivity index (χ0) is 29.0. The quantitative estimate of drug-likeness (QED) is 0.150. The smallest absolute Gasteiger partial charge is 0.545 e. The van der Waals surface area contributed by atoms with E-state index in [0.29, 0.717) is 45.0 Å². The number of benzene rings is 3. The molecule has 0 saturated heterocycles. The Balaban J connectivity index is 0.00000462. The zero-order valence-corrected chi connectivity index (χ0v) is 27.1. The molecule has 0 spiro atoms. The third kappa shape index (κ3) is 7.74. The molecule has 8 nitrogen and oxygen atoms in total. The molecule has 0 saturated carbocycles. The summed E-state index contributed by atoms with van der Waals surface area (Å²) in [5.74, 6) is -0.613. The van der Waals surface area contributed by atoms with Crippen molar-refractivity contribution in [1.82, 2.24) is 8.75 Å². The number of Topliss-reactive ketones (excluding diaryl/α,β-unsaturated/α-hetero) is 1. The molecule has 3 aromatic carbocycles. The molecule has 0 unspecified atom stereocenters. The summed E-state index contributed by atoms with van der Waals surface area (Å²) in [6.45, 7) is 9.49. The Bertz CT molecular complexity index is 1580. The van der Waals surface area contributed by atoms with Gasteiger partial charge in [-0.3, -0.25) is 4.79 Å². The minimum absolute atomic E-state index is 0. The summed E-state index contributed by atoms with van der Waals surface area (Å²) in [5, 5.41) is 12.7. The van der Waals surface area contributed by atoms with Gasteiger partial charge in [0.2, 0.25) is 5.75 Å². The van der Waals surface area contributed by atoms with E-state index in [1.54, 1.807) is 42.5 Å². The molecule has 0 aliphatic carbocycles. The number of ketones is 1. The molecule has 0 amide bonds. The monoisotopic (exact) mass is 582 g/mol. The first-order valence-electron chi connectivity index (χ1n) is 12.9. The van der Waals surface area contributed by atoms with Crippen molar-refractivity contribution in [1.29, 1.82) is 0 Å². The van der Waals surface area contributed by atoms with Crippen LogP contribution in [0.15, 0.2) is 60.2 Å². The van der Waals surface area contributed by atoms with Gasteiger partial charge in [0.1, 0.15) is 11.0 Å². The number of methoxy groups -OCH3 is 1. The maximum absolute atomic E-state index is 14.0. The van der Waals surface area contributed by atoms with Crippen molar-refractivity contribution >= 4 is 40.1 Å². The van der Waals surface area contributed by atoms with Crippen molar-refractivity contribution in [3.63, 3.8) is 0 Å². The van der Waals surface area contributed by atoms with E-state index < -0.39 is 11.8 Å². The van der Waals surface area contributed by atoms with Crippen molar-refractivity contribution in [3.05, 3.63) is 82.4 Å². The fourth-order valence-corrected chi connectivity index (χ4v) is 4.81. The largest absolute Gasteiger partial charge is 1.00 e. The first-order valence-corrected chi connectivity index (χ1v) is 13.6. The first kappa shape index (κ1) is 32.3. The molecule has 0 fully saturated rings. The summed E-state index contributed by atoms with van der Waals surface area (Å²) in [6, 6.07) is 15.4. The van der Waals surface area contributed by atoms with Gasteiger partial charge in [-0.15, -0.1) is 0 Å². The number of allylic oxidation sites excluding steroid dienone is 1. The number of aryl methyl sites for hydroxylation is 1. The molecule has 0 atom stereocenters. The topological polar surface area (TPSA) is 111 Å². The Labute approximate surface area is 266 Å². The second-order valence-electron chi connectivity index (χ2n) is 9.94. The van der Waals surface area contributed by atoms with E-state index in [2.05, 4.69) is 8.75 Å². The molecular formula is C31H31N2NaO6S. The number of hydrogen-bond acceptors (Lipinski definition) is 9. The maximum atomic E-state index is 14.0. The van der Waals surface area contributed by atoms with Gasteiger partial charge in [0.15, 0.2) is 17.3 Å². The fourth-order valence-electron chi connectivity index (χ4n) is 4.30. The predicted molar refractivity (Wildman–Crippen MR) is 153 cm³/mol. The van der Waals surface area contributed by atoms with E-state index in [1.165, 1.54) is 7.11 Å². The van der Waals surface area contributed by atoms with E-state index in [1.807, 2.05) is 46.8 Å². The zero-order valence-electron chi connectivity index (χ0n) is 24.3. The molecule has 4 aromatic rings. The number of carbonyl (C=O) groups excluding carboxylic acids is 2. The molecule has 1 aromatic heterocycles. The average Bonchev–Trinajstić information content (AvgIpc) is 3.37. The minimum atomic E-state index is -1.47. The second kappa shape index (κ2) is 14.1. The minimum Gasteiger partial charge on any atom is -0.545 e. The van der Waals surface area contributed by atoms with Gasteiger partial charge in [-0.1, -0.05) is 35.9 Å². The van der Waals surface area contributed by atoms with Gasteiger partial charge < -0.3 is 24.1 Å². The fraction of sp³-hybridized carbons (Fsp3) is 0.290. The van der Waals surface area contributed by atoms with Crippen LogP contribution in [0.1, 0.15) is 54.7 Å². The number of rotatable bonds is 11. The summed E-state index contributed by atoms with van der Waals surface area (Å²) >= 11 is 1.03. The van der Waals surface area contributed by atoms with Gasteiger partial charge in [-0.2, -0.15) is 8.75 Å². The Morgan fingerprint density at radius 2 is 1.46 bits per heavy atom. The van der Waals surface area contributed by atoms with E-state index in [9.17, 15) is 14.7 Å². The molecule has 0 aliphatic rings. The van der Waals surface area contributed by atoms with Crippen LogP contribution in [0.3, 0.4) is 0 Å². The summed E-state index contributed by atoms with van der Waals surface area (Å²) in [5.41, 5.74) is 3.27. The van der Waals surface area contributed by atoms with Crippen LogP contribution in [0.5, 0.6) is 17.2 Å². The maximum Gasteiger partial charge on any atom is 1.00 e. The molecule has 0 bridgehead atoms. The molecule has 0 N–H and O–H groups in total. The Morgan fingerprint density at radius 3 is 2.07 bits per heavy atom. The van der Waals surface area contributed by atoms with Crippen molar-refractivity contribution in [2.45, 2.75) is 53.2 Å². The van der Waals surface area contributed by atoms with Gasteiger partial charge >= 0.3 is 29.6 Å². The third-order valence-electron chi connectivity index (χ3n) is 6.03. The summed E-state index contributed by atoms with van der Waals surface area (Å²) in [6.07, 6.45) is -0.348. The first-order chi connectivity index (χ1) is 19.1. The van der Waals surface area contributed by atoms with Gasteiger partial charge in [0, 0.05) is 23.1 Å². The number of aromatic nitrogens is 2. The van der Waals surface area contributed by atoms with E-state index in [0.717, 1.165) is 17.3 Å². The van der Waals surface area contributed by atoms with Gasteiger partial charge in [0.05, 0.1) is 37.0 Å². The number of fused-ring (bicyclic) bond motifs is 1. The van der Waals surface area contributed by atoms with Gasteiger partial charge in [0.25, 0.3) is 0 Å². The normalized spacial score (nSPS) is 11.7. The van der Waals surface area contributed by atoms with Crippen LogP contribution >= 0.6 is 11.7 Å². The van der Waals surface area contributed by atoms with Crippen LogP contribution in [0.2, 0.25) is 0 Å².